The Morgan fingerprint density at radius 3 is 2.63 bits per heavy atom. The van der Waals surface area contributed by atoms with Crippen LogP contribution in [0.2, 0.25) is 0 Å². The molecule has 5 nitrogen and oxygen atoms in total. The lowest BCUT2D eigenvalue weighted by molar-refractivity contribution is -0.121. The first-order chi connectivity index (χ1) is 14.7. The van der Waals surface area contributed by atoms with Crippen LogP contribution in [0.1, 0.15) is 44.1 Å². The standard InChI is InChI=1S/C25H29N3O2/c26-25-19(11-14-24(29)27-17-18-7-3-1-4-8-18)15-20-16-22(12-13-23(20)28-25)30-21-9-5-2-6-10-21/h2,5-6,9-10,12-13,15-16,18H,1,3-4,7-8,11,14,17H2,(H2,26,28)(H,27,29). The summed E-state index contributed by atoms with van der Waals surface area (Å²) in [6.07, 6.45) is 7.37. The largest absolute Gasteiger partial charge is 0.457 e. The SMILES string of the molecule is Nc1nc2ccc(Oc3ccccc3)cc2cc1CCC(=O)NCC1CCCCC1. The molecule has 2 aromatic carbocycles. The zero-order valence-electron chi connectivity index (χ0n) is 17.3. The number of rotatable bonds is 7. The van der Waals surface area contributed by atoms with Crippen LogP contribution in [0, 0.1) is 5.92 Å². The highest BCUT2D eigenvalue weighted by Gasteiger charge is 2.14. The third kappa shape index (κ3) is 5.29. The zero-order valence-corrected chi connectivity index (χ0v) is 17.3. The monoisotopic (exact) mass is 403 g/mol. The van der Waals surface area contributed by atoms with Gasteiger partial charge >= 0.3 is 0 Å². The Labute approximate surface area is 177 Å². The maximum atomic E-state index is 12.3. The van der Waals surface area contributed by atoms with E-state index >= 15 is 0 Å². The highest BCUT2D eigenvalue weighted by molar-refractivity contribution is 5.83. The maximum absolute atomic E-state index is 12.3. The lowest BCUT2D eigenvalue weighted by atomic mass is 9.89. The van der Waals surface area contributed by atoms with E-state index in [1.165, 1.54) is 32.1 Å². The predicted molar refractivity (Wildman–Crippen MR) is 121 cm³/mol. The molecule has 1 aliphatic rings. The Kier molecular flexibility index (Phi) is 6.47. The number of para-hydroxylation sites is 1. The third-order valence-corrected chi connectivity index (χ3v) is 5.81. The Balaban J connectivity index is 1.39. The summed E-state index contributed by atoms with van der Waals surface area (Å²) in [6, 6.07) is 17.4. The summed E-state index contributed by atoms with van der Waals surface area (Å²) in [5.41, 5.74) is 7.86. The third-order valence-electron chi connectivity index (χ3n) is 5.81. The number of nitrogen functional groups attached to an aromatic ring is 1. The fourth-order valence-electron chi connectivity index (χ4n) is 4.09. The van der Waals surface area contributed by atoms with Crippen LogP contribution < -0.4 is 15.8 Å². The predicted octanol–water partition coefficient (Wildman–Crippen LogP) is 5.24. The van der Waals surface area contributed by atoms with Gasteiger partial charge in [-0.15, -0.1) is 0 Å². The summed E-state index contributed by atoms with van der Waals surface area (Å²) < 4.78 is 5.92. The first-order valence-electron chi connectivity index (χ1n) is 10.9. The number of ether oxygens (including phenoxy) is 1. The minimum Gasteiger partial charge on any atom is -0.457 e. The molecule has 30 heavy (non-hydrogen) atoms. The molecule has 1 heterocycles. The number of anilines is 1. The second kappa shape index (κ2) is 9.61. The molecule has 0 unspecified atom stereocenters. The summed E-state index contributed by atoms with van der Waals surface area (Å²) in [6.45, 7) is 0.796. The van der Waals surface area contributed by atoms with Crippen LogP contribution in [0.4, 0.5) is 5.82 Å². The fourth-order valence-corrected chi connectivity index (χ4v) is 4.09. The van der Waals surface area contributed by atoms with Crippen molar-refractivity contribution in [2.75, 3.05) is 12.3 Å². The number of carbonyl (C=O) groups is 1. The van der Waals surface area contributed by atoms with Gasteiger partial charge in [-0.25, -0.2) is 4.98 Å². The average molecular weight is 404 g/mol. The smallest absolute Gasteiger partial charge is 0.220 e. The molecule has 4 rings (SSSR count). The number of hydrogen-bond donors (Lipinski definition) is 2. The summed E-state index contributed by atoms with van der Waals surface area (Å²) >= 11 is 0. The van der Waals surface area contributed by atoms with Gasteiger partial charge in [0.2, 0.25) is 5.91 Å². The number of hydrogen-bond acceptors (Lipinski definition) is 4. The molecule has 1 aliphatic carbocycles. The molecule has 5 heteroatoms. The molecule has 0 spiro atoms. The zero-order chi connectivity index (χ0) is 20.8. The summed E-state index contributed by atoms with van der Waals surface area (Å²) in [7, 11) is 0. The van der Waals surface area contributed by atoms with E-state index in [-0.39, 0.29) is 5.91 Å². The summed E-state index contributed by atoms with van der Waals surface area (Å²) in [5, 5.41) is 4.05. The van der Waals surface area contributed by atoms with Crippen molar-refractivity contribution in [2.24, 2.45) is 5.92 Å². The minimum atomic E-state index is 0.0845. The molecular weight excluding hydrogens is 374 g/mol. The van der Waals surface area contributed by atoms with Gasteiger partial charge < -0.3 is 15.8 Å². The number of amides is 1. The van der Waals surface area contributed by atoms with E-state index in [1.54, 1.807) is 0 Å². The van der Waals surface area contributed by atoms with Gasteiger partial charge in [-0.1, -0.05) is 37.5 Å². The lowest BCUT2D eigenvalue weighted by Gasteiger charge is -2.21. The van der Waals surface area contributed by atoms with Gasteiger partial charge in [-0.3, -0.25) is 4.79 Å². The first kappa shape index (κ1) is 20.2. The van der Waals surface area contributed by atoms with E-state index < -0.39 is 0 Å². The lowest BCUT2D eigenvalue weighted by Crippen LogP contribution is -2.30. The number of pyridine rings is 1. The van der Waals surface area contributed by atoms with Crippen LogP contribution in [0.3, 0.4) is 0 Å². The Morgan fingerprint density at radius 2 is 1.83 bits per heavy atom. The van der Waals surface area contributed by atoms with E-state index in [0.717, 1.165) is 34.5 Å². The number of aromatic nitrogens is 1. The van der Waals surface area contributed by atoms with Crippen molar-refractivity contribution in [3.63, 3.8) is 0 Å². The van der Waals surface area contributed by atoms with Crippen molar-refractivity contribution in [3.8, 4) is 11.5 Å². The number of nitrogens with one attached hydrogen (secondary N) is 1. The van der Waals surface area contributed by atoms with Crippen molar-refractivity contribution in [2.45, 2.75) is 44.9 Å². The number of aryl methyl sites for hydroxylation is 1. The molecule has 0 atom stereocenters. The second-order valence-corrected chi connectivity index (χ2v) is 8.11. The Hall–Kier alpha value is -3.08. The van der Waals surface area contributed by atoms with Crippen LogP contribution in [-0.4, -0.2) is 17.4 Å². The van der Waals surface area contributed by atoms with E-state index in [4.69, 9.17) is 10.5 Å². The van der Waals surface area contributed by atoms with Gasteiger partial charge in [0.05, 0.1) is 5.52 Å². The molecule has 1 aromatic heterocycles. The van der Waals surface area contributed by atoms with E-state index in [1.807, 2.05) is 54.6 Å². The van der Waals surface area contributed by atoms with Crippen LogP contribution in [0.25, 0.3) is 10.9 Å². The highest BCUT2D eigenvalue weighted by atomic mass is 16.5. The molecule has 3 aromatic rings. The van der Waals surface area contributed by atoms with Crippen LogP contribution in [-0.2, 0) is 11.2 Å². The molecule has 1 saturated carbocycles. The van der Waals surface area contributed by atoms with E-state index in [0.29, 0.717) is 24.6 Å². The average Bonchev–Trinajstić information content (AvgIpc) is 2.78. The van der Waals surface area contributed by atoms with Gasteiger partial charge in [0, 0.05) is 18.4 Å². The van der Waals surface area contributed by atoms with Gasteiger partial charge in [0.25, 0.3) is 0 Å². The van der Waals surface area contributed by atoms with Crippen molar-refractivity contribution >= 4 is 22.6 Å². The highest BCUT2D eigenvalue weighted by Crippen LogP contribution is 2.27. The minimum absolute atomic E-state index is 0.0845. The van der Waals surface area contributed by atoms with Crippen LogP contribution >= 0.6 is 0 Å². The van der Waals surface area contributed by atoms with Crippen LogP contribution in [0.15, 0.2) is 54.6 Å². The maximum Gasteiger partial charge on any atom is 0.220 e. The molecule has 0 saturated heterocycles. The first-order valence-corrected chi connectivity index (χ1v) is 10.9. The van der Waals surface area contributed by atoms with Gasteiger partial charge in [-0.2, -0.15) is 0 Å². The van der Waals surface area contributed by atoms with Crippen molar-refractivity contribution in [3.05, 3.63) is 60.2 Å². The molecule has 0 bridgehead atoms. The van der Waals surface area contributed by atoms with Gasteiger partial charge in [0.15, 0.2) is 0 Å². The van der Waals surface area contributed by atoms with Crippen molar-refractivity contribution in [1.29, 1.82) is 0 Å². The van der Waals surface area contributed by atoms with E-state index in [2.05, 4.69) is 10.3 Å². The topological polar surface area (TPSA) is 77.2 Å². The normalized spacial score (nSPS) is 14.5. The summed E-state index contributed by atoms with van der Waals surface area (Å²) in [4.78, 5) is 16.8. The molecule has 3 N–H and O–H groups in total. The number of fused-ring (bicyclic) bond motifs is 1. The van der Waals surface area contributed by atoms with Crippen LogP contribution in [0.5, 0.6) is 11.5 Å². The number of benzene rings is 2. The number of carbonyl (C=O) groups excluding carboxylic acids is 1. The van der Waals surface area contributed by atoms with Crippen molar-refractivity contribution in [1.82, 2.24) is 10.3 Å². The molecule has 156 valence electrons. The molecule has 1 amide bonds. The van der Waals surface area contributed by atoms with Gasteiger partial charge in [-0.05, 0) is 67.1 Å². The quantitative estimate of drug-likeness (QED) is 0.566. The Morgan fingerprint density at radius 1 is 1.03 bits per heavy atom. The molecule has 0 radical (unpaired) electrons. The van der Waals surface area contributed by atoms with E-state index in [9.17, 15) is 4.79 Å². The molecule has 0 aliphatic heterocycles. The number of nitrogens with zero attached hydrogens (tertiary/aromatic N) is 1. The molecular formula is C25H29N3O2. The van der Waals surface area contributed by atoms with Crippen molar-refractivity contribution < 1.29 is 9.53 Å². The van der Waals surface area contributed by atoms with Gasteiger partial charge in [0.1, 0.15) is 17.3 Å². The second-order valence-electron chi connectivity index (χ2n) is 8.11. The Bertz CT molecular complexity index is 998. The fraction of sp³-hybridized carbons (Fsp3) is 0.360. The summed E-state index contributed by atoms with van der Waals surface area (Å²) in [5.74, 6) is 2.74. The number of nitrogens with two attached hydrogens (primary N) is 1. The molecule has 1 fully saturated rings.